The fourth-order valence-electron chi connectivity index (χ4n) is 21.9. The van der Waals surface area contributed by atoms with E-state index in [4.69, 9.17) is 0 Å². The second-order valence-electron chi connectivity index (χ2n) is 48.2. The minimum atomic E-state index is 0.217. The average molecular weight is 2000 g/mol. The van der Waals surface area contributed by atoms with Gasteiger partial charge in [-0.25, -0.2) is 0 Å². The van der Waals surface area contributed by atoms with E-state index in [0.717, 1.165) is 259 Å². The number of benzene rings is 6. The number of phenolic OH excluding ortho intramolecular Hbond substituents is 12. The van der Waals surface area contributed by atoms with Gasteiger partial charge < -0.3 is 61.3 Å². The molecule has 6 atom stereocenters. The van der Waals surface area contributed by atoms with E-state index in [1.54, 1.807) is 0 Å². The molecule has 0 aromatic heterocycles. The number of aryl methyl sites for hydroxylation is 6. The second-order valence-corrected chi connectivity index (χ2v) is 48.2. The Hall–Kier alpha value is -7.08. The maximum Gasteiger partial charge on any atom is 0.125 e. The SMILES string of the molecule is CCCCCc1cc(O)c(CC[C@@H](C)CCCC(C)C)c(O)c1CCc1c(CCCCC)cc(O)c(CC[C@@H](C)CCCC(C)C)c1O.CCCCCc1cc(O)c(CC[C@H](C)CCCC(C)C)c(O)c1CCc1c(CCCCC)cc(O)c(CC[C@@H](C)CCCC(C)C)c1O.CCCCCc1cc(O)c(CC[C@H](C)CCCC(C)C)c(O)c1CCc1c(CCCCC)cc(O)c(CC[C@H](C)CCCC(C)C)c1O. The molecule has 12 heteroatoms. The summed E-state index contributed by atoms with van der Waals surface area (Å²) in [5.41, 5.74) is 15.7. The zero-order chi connectivity index (χ0) is 107. The molecule has 0 saturated heterocycles. The Morgan fingerprint density at radius 3 is 0.375 bits per heavy atom. The molecular weight excluding hydrogens is 1780 g/mol. The number of rotatable bonds is 75. The Morgan fingerprint density at radius 2 is 0.264 bits per heavy atom. The van der Waals surface area contributed by atoms with Crippen LogP contribution in [-0.2, 0) is 116 Å². The van der Waals surface area contributed by atoms with Gasteiger partial charge in [-0.15, -0.1) is 0 Å². The highest BCUT2D eigenvalue weighted by Crippen LogP contribution is 2.47. The molecule has 144 heavy (non-hydrogen) atoms. The largest absolute Gasteiger partial charge is 0.508 e. The summed E-state index contributed by atoms with van der Waals surface area (Å²) in [5, 5.41) is 137. The van der Waals surface area contributed by atoms with Crippen LogP contribution in [-0.4, -0.2) is 61.3 Å². The summed E-state index contributed by atoms with van der Waals surface area (Å²) in [6.07, 6.45) is 59.2. The lowest BCUT2D eigenvalue weighted by atomic mass is 9.87. The second kappa shape index (κ2) is 72.4. The molecule has 6 aromatic carbocycles. The molecule has 0 heterocycles. The van der Waals surface area contributed by atoms with Crippen LogP contribution in [0.15, 0.2) is 36.4 Å². The lowest BCUT2D eigenvalue weighted by Gasteiger charge is -2.21. The molecular formula is C132H222O12. The van der Waals surface area contributed by atoms with Crippen molar-refractivity contribution in [1.29, 1.82) is 0 Å². The maximum atomic E-state index is 11.7. The van der Waals surface area contributed by atoms with Crippen molar-refractivity contribution in [3.8, 4) is 69.0 Å². The summed E-state index contributed by atoms with van der Waals surface area (Å²) in [5.74, 6) is 10.3. The van der Waals surface area contributed by atoms with Gasteiger partial charge in [0.15, 0.2) is 0 Å². The van der Waals surface area contributed by atoms with Crippen LogP contribution >= 0.6 is 0 Å². The zero-order valence-electron chi connectivity index (χ0n) is 97.2. The first-order valence-electron chi connectivity index (χ1n) is 60.0. The third-order valence-electron chi connectivity index (χ3n) is 31.8. The van der Waals surface area contributed by atoms with Crippen LogP contribution in [0.5, 0.6) is 69.0 Å². The van der Waals surface area contributed by atoms with E-state index in [1.807, 2.05) is 36.4 Å². The maximum absolute atomic E-state index is 11.7. The summed E-state index contributed by atoms with van der Waals surface area (Å²) < 4.78 is 0. The molecule has 6 rings (SSSR count). The number of aromatic hydroxyl groups is 12. The van der Waals surface area contributed by atoms with Crippen molar-refractivity contribution >= 4 is 0 Å². The normalized spacial score (nSPS) is 13.1. The molecule has 0 fully saturated rings. The topological polar surface area (TPSA) is 243 Å². The molecule has 0 aliphatic heterocycles. The van der Waals surface area contributed by atoms with Crippen molar-refractivity contribution in [2.24, 2.45) is 71.0 Å². The van der Waals surface area contributed by atoms with Crippen molar-refractivity contribution in [3.05, 3.63) is 137 Å². The van der Waals surface area contributed by atoms with Crippen LogP contribution in [0.3, 0.4) is 0 Å². The monoisotopic (exact) mass is 2000 g/mol. The number of unbranched alkanes of at least 4 members (excludes halogenated alkanes) is 12. The molecule has 6 aromatic rings. The van der Waals surface area contributed by atoms with Crippen LogP contribution in [0.4, 0.5) is 0 Å². The summed E-state index contributed by atoms with van der Waals surface area (Å²) in [4.78, 5) is 0. The van der Waals surface area contributed by atoms with Gasteiger partial charge in [-0.2, -0.15) is 0 Å². The molecule has 12 nitrogen and oxygen atoms in total. The van der Waals surface area contributed by atoms with Crippen LogP contribution in [0.2, 0.25) is 0 Å². The van der Waals surface area contributed by atoms with Crippen LogP contribution < -0.4 is 0 Å². The first-order chi connectivity index (χ1) is 68.7. The fraction of sp³-hybridized carbons (Fsp3) is 0.727. The van der Waals surface area contributed by atoms with Gasteiger partial charge in [0.1, 0.15) is 69.0 Å². The molecule has 0 aliphatic rings. The molecule has 0 unspecified atom stereocenters. The van der Waals surface area contributed by atoms with Gasteiger partial charge in [-0.05, 0) is 367 Å². The zero-order valence-corrected chi connectivity index (χ0v) is 97.2. The summed E-state index contributed by atoms with van der Waals surface area (Å²) >= 11 is 0. The number of phenols is 12. The molecule has 0 spiro atoms. The van der Waals surface area contributed by atoms with Crippen LogP contribution in [0.25, 0.3) is 0 Å². The van der Waals surface area contributed by atoms with Gasteiger partial charge >= 0.3 is 0 Å². The Labute approximate surface area is 883 Å². The van der Waals surface area contributed by atoms with Crippen molar-refractivity contribution in [3.63, 3.8) is 0 Å². The lowest BCUT2D eigenvalue weighted by molar-refractivity contribution is 0.407. The van der Waals surface area contributed by atoms with E-state index in [1.165, 1.54) is 116 Å². The van der Waals surface area contributed by atoms with Crippen molar-refractivity contribution in [2.45, 2.75) is 551 Å². The van der Waals surface area contributed by atoms with E-state index < -0.39 is 0 Å². The summed E-state index contributed by atoms with van der Waals surface area (Å²) in [7, 11) is 0. The molecule has 12 N–H and O–H groups in total. The number of hydrogen-bond donors (Lipinski definition) is 12. The third-order valence-corrected chi connectivity index (χ3v) is 31.8. The van der Waals surface area contributed by atoms with Gasteiger partial charge in [0.05, 0.1) is 0 Å². The van der Waals surface area contributed by atoms with E-state index in [2.05, 4.69) is 166 Å². The molecule has 0 aliphatic carbocycles. The average Bonchev–Trinajstić information content (AvgIpc) is 0.795. The van der Waals surface area contributed by atoms with Gasteiger partial charge in [0, 0.05) is 33.4 Å². The highest BCUT2D eigenvalue weighted by Gasteiger charge is 2.29. The molecule has 0 bridgehead atoms. The van der Waals surface area contributed by atoms with Gasteiger partial charge in [0.25, 0.3) is 0 Å². The first kappa shape index (κ1) is 129. The smallest absolute Gasteiger partial charge is 0.125 e. The summed E-state index contributed by atoms with van der Waals surface area (Å²) in [6.45, 7) is 54.1. The molecule has 822 valence electrons. The first-order valence-corrected chi connectivity index (χ1v) is 60.0. The predicted molar refractivity (Wildman–Crippen MR) is 617 cm³/mol. The third kappa shape index (κ3) is 48.3. The van der Waals surface area contributed by atoms with Crippen LogP contribution in [0, 0.1) is 71.0 Å². The van der Waals surface area contributed by atoms with E-state index in [0.29, 0.717) is 181 Å². The number of hydrogen-bond acceptors (Lipinski definition) is 12. The Kier molecular flexibility index (Phi) is 64.9. The Morgan fingerprint density at radius 1 is 0.139 bits per heavy atom. The van der Waals surface area contributed by atoms with Gasteiger partial charge in [0.2, 0.25) is 0 Å². The quantitative estimate of drug-likeness (QED) is 0.0160. The van der Waals surface area contributed by atoms with E-state index in [9.17, 15) is 61.3 Å². The molecule has 0 saturated carbocycles. The minimum Gasteiger partial charge on any atom is -0.508 e. The van der Waals surface area contributed by atoms with Crippen molar-refractivity contribution in [2.75, 3.05) is 0 Å². The van der Waals surface area contributed by atoms with E-state index in [-0.39, 0.29) is 69.0 Å². The minimum absolute atomic E-state index is 0.217. The standard InChI is InChI=1S/3C44H74O4/c3*1-9-11-13-21-35-29-41(45)39(25-23-33(7)19-15-17-31(3)4)43(47)37(35)27-28-38-36(22-14-12-10-2)30-42(46)40(44(38)48)26-24-34(8)20-16-18-32(5)6/h3*29-34,45-48H,9-28H2,1-8H3/t33-,34+;2*33-,34-/m.10/s1. The fourth-order valence-corrected chi connectivity index (χ4v) is 21.9. The van der Waals surface area contributed by atoms with E-state index >= 15 is 0 Å². The van der Waals surface area contributed by atoms with Gasteiger partial charge in [-0.1, -0.05) is 359 Å². The van der Waals surface area contributed by atoms with Crippen LogP contribution in [0.1, 0.15) is 536 Å². The highest BCUT2D eigenvalue weighted by molar-refractivity contribution is 5.60. The molecule has 0 amide bonds. The van der Waals surface area contributed by atoms with Gasteiger partial charge in [-0.3, -0.25) is 0 Å². The predicted octanol–water partition coefficient (Wildman–Crippen LogP) is 37.6. The molecule has 0 radical (unpaired) electrons. The highest BCUT2D eigenvalue weighted by atomic mass is 16.3. The lowest BCUT2D eigenvalue weighted by Crippen LogP contribution is -2.06. The van der Waals surface area contributed by atoms with Crippen molar-refractivity contribution < 1.29 is 61.3 Å². The summed E-state index contributed by atoms with van der Waals surface area (Å²) in [6, 6.07) is 11.5. The Balaban J connectivity index is 0.000000450. The Bertz CT molecular complexity index is 3760. The van der Waals surface area contributed by atoms with Crippen molar-refractivity contribution in [1.82, 2.24) is 0 Å².